The van der Waals surface area contributed by atoms with Crippen LogP contribution in [0.1, 0.15) is 41.3 Å². The van der Waals surface area contributed by atoms with Crippen molar-refractivity contribution in [3.05, 3.63) is 53.1 Å². The number of hydrogen-bond donors (Lipinski definition) is 1. The lowest BCUT2D eigenvalue weighted by atomic mass is 9.99. The van der Waals surface area contributed by atoms with Crippen LogP contribution < -0.4 is 14.8 Å². The number of fused-ring (bicyclic) bond motifs is 1. The van der Waals surface area contributed by atoms with Gasteiger partial charge in [-0.2, -0.15) is 0 Å². The molecule has 1 amide bonds. The summed E-state index contributed by atoms with van der Waals surface area (Å²) in [4.78, 5) is 36.7. The zero-order chi connectivity index (χ0) is 21.0. The van der Waals surface area contributed by atoms with Gasteiger partial charge in [-0.25, -0.2) is 0 Å². The van der Waals surface area contributed by atoms with Crippen LogP contribution in [0.3, 0.4) is 0 Å². The Morgan fingerprint density at radius 1 is 1.03 bits per heavy atom. The Balaban J connectivity index is 1.49. The lowest BCUT2D eigenvalue weighted by molar-refractivity contribution is -0.153. The molecule has 2 aromatic carbocycles. The van der Waals surface area contributed by atoms with Gasteiger partial charge in [-0.3, -0.25) is 14.4 Å². The first kappa shape index (κ1) is 20.4. The summed E-state index contributed by atoms with van der Waals surface area (Å²) in [6.07, 6.45) is -1.06. The van der Waals surface area contributed by atoms with Crippen LogP contribution in [0.2, 0.25) is 0 Å². The number of anilines is 1. The lowest BCUT2D eigenvalue weighted by Gasteiger charge is -2.14. The topological polar surface area (TPSA) is 90.9 Å². The summed E-state index contributed by atoms with van der Waals surface area (Å²) in [6.45, 7) is 5.38. The maximum atomic E-state index is 12.4. The molecular weight excluding hydrogens is 374 g/mol. The van der Waals surface area contributed by atoms with Crippen molar-refractivity contribution < 1.29 is 28.6 Å². The second-order valence-electron chi connectivity index (χ2n) is 6.93. The average molecular weight is 397 g/mol. The van der Waals surface area contributed by atoms with Crippen molar-refractivity contribution in [1.82, 2.24) is 0 Å². The summed E-state index contributed by atoms with van der Waals surface area (Å²) in [5.41, 5.74) is 2.96. The third-order valence-corrected chi connectivity index (χ3v) is 4.57. The van der Waals surface area contributed by atoms with E-state index < -0.39 is 18.0 Å². The Kier molecular flexibility index (Phi) is 6.16. The van der Waals surface area contributed by atoms with E-state index in [2.05, 4.69) is 5.32 Å². The van der Waals surface area contributed by atoms with E-state index in [4.69, 9.17) is 14.2 Å². The van der Waals surface area contributed by atoms with E-state index in [-0.39, 0.29) is 25.4 Å². The zero-order valence-electron chi connectivity index (χ0n) is 16.6. The number of ether oxygens (including phenoxy) is 3. The summed E-state index contributed by atoms with van der Waals surface area (Å²) in [6, 6.07) is 10.6. The molecule has 1 N–H and O–H groups in total. The second-order valence-corrected chi connectivity index (χ2v) is 6.93. The van der Waals surface area contributed by atoms with E-state index >= 15 is 0 Å². The number of carbonyl (C=O) groups is 3. The van der Waals surface area contributed by atoms with Crippen molar-refractivity contribution in [2.24, 2.45) is 0 Å². The van der Waals surface area contributed by atoms with E-state index in [9.17, 15) is 14.4 Å². The molecule has 0 unspecified atom stereocenters. The number of ketones is 1. The van der Waals surface area contributed by atoms with Gasteiger partial charge < -0.3 is 19.5 Å². The number of benzene rings is 2. The quantitative estimate of drug-likeness (QED) is 0.567. The Bertz CT molecular complexity index is 952. The molecule has 1 heterocycles. The molecule has 7 heteroatoms. The molecule has 0 saturated heterocycles. The summed E-state index contributed by atoms with van der Waals surface area (Å²) < 4.78 is 15.6. The van der Waals surface area contributed by atoms with Gasteiger partial charge >= 0.3 is 5.97 Å². The Morgan fingerprint density at radius 3 is 2.59 bits per heavy atom. The van der Waals surface area contributed by atoms with E-state index in [1.54, 1.807) is 18.2 Å². The van der Waals surface area contributed by atoms with Crippen LogP contribution in [0.5, 0.6) is 11.5 Å². The van der Waals surface area contributed by atoms with Crippen LogP contribution in [0.15, 0.2) is 36.4 Å². The van der Waals surface area contributed by atoms with Crippen molar-refractivity contribution in [2.45, 2.75) is 39.7 Å². The van der Waals surface area contributed by atoms with E-state index in [0.717, 1.165) is 11.1 Å². The van der Waals surface area contributed by atoms with Crippen LogP contribution >= 0.6 is 0 Å². The molecule has 0 fully saturated rings. The summed E-state index contributed by atoms with van der Waals surface area (Å²) in [7, 11) is 0. The molecule has 1 atom stereocenters. The van der Waals surface area contributed by atoms with Gasteiger partial charge in [0.1, 0.15) is 0 Å². The molecule has 3 rings (SSSR count). The molecule has 0 radical (unpaired) electrons. The van der Waals surface area contributed by atoms with Gasteiger partial charge in [0, 0.05) is 23.7 Å². The number of nitrogens with one attached hydrogen (secondary N) is 1. The second kappa shape index (κ2) is 8.77. The van der Waals surface area contributed by atoms with Crippen LogP contribution in [0.25, 0.3) is 0 Å². The molecule has 29 heavy (non-hydrogen) atoms. The highest BCUT2D eigenvalue weighted by molar-refractivity contribution is 5.99. The van der Waals surface area contributed by atoms with Crippen LogP contribution in [-0.2, 0) is 14.3 Å². The fourth-order valence-electron chi connectivity index (χ4n) is 2.91. The number of amides is 1. The predicted molar refractivity (Wildman–Crippen MR) is 106 cm³/mol. The van der Waals surface area contributed by atoms with Crippen molar-refractivity contribution in [2.75, 3.05) is 12.1 Å². The molecule has 0 saturated carbocycles. The normalized spacial score (nSPS) is 12.9. The van der Waals surface area contributed by atoms with Gasteiger partial charge in [0.25, 0.3) is 5.91 Å². The summed E-state index contributed by atoms with van der Waals surface area (Å²) in [5, 5.41) is 2.66. The van der Waals surface area contributed by atoms with E-state index in [0.29, 0.717) is 22.7 Å². The Hall–Kier alpha value is -3.35. The van der Waals surface area contributed by atoms with Crippen LogP contribution in [0, 0.1) is 13.8 Å². The van der Waals surface area contributed by atoms with Crippen molar-refractivity contribution in [3.8, 4) is 11.5 Å². The molecular formula is C22H23NO6. The first-order valence-electron chi connectivity index (χ1n) is 9.34. The lowest BCUT2D eigenvalue weighted by Crippen LogP contribution is -2.30. The van der Waals surface area contributed by atoms with Gasteiger partial charge in [0.2, 0.25) is 6.79 Å². The van der Waals surface area contributed by atoms with Crippen LogP contribution in [-0.4, -0.2) is 30.6 Å². The molecule has 0 aliphatic carbocycles. The minimum atomic E-state index is -0.997. The van der Waals surface area contributed by atoms with Gasteiger partial charge in [0.15, 0.2) is 23.4 Å². The fraction of sp³-hybridized carbons (Fsp3) is 0.318. The number of carbonyl (C=O) groups excluding carboxylic acids is 3. The van der Waals surface area contributed by atoms with Gasteiger partial charge in [0.05, 0.1) is 6.42 Å². The molecule has 152 valence electrons. The number of rotatable bonds is 7. The maximum Gasteiger partial charge on any atom is 0.307 e. The summed E-state index contributed by atoms with van der Waals surface area (Å²) >= 11 is 0. The van der Waals surface area contributed by atoms with Gasteiger partial charge in [-0.15, -0.1) is 0 Å². The van der Waals surface area contributed by atoms with Crippen molar-refractivity contribution in [1.29, 1.82) is 0 Å². The standard InChI is InChI=1S/C22H23NO6/c1-13-4-5-14(2)17(10-13)18(24)7-9-21(25)29-15(3)22(26)23-16-6-8-19-20(11-16)28-12-27-19/h4-6,8,10-11,15H,7,9,12H2,1-3H3,(H,23,26)/t15-/m1/s1. The molecule has 0 bridgehead atoms. The largest absolute Gasteiger partial charge is 0.454 e. The zero-order valence-corrected chi connectivity index (χ0v) is 16.6. The fourth-order valence-corrected chi connectivity index (χ4v) is 2.91. The highest BCUT2D eigenvalue weighted by atomic mass is 16.7. The number of esters is 1. The monoisotopic (exact) mass is 397 g/mol. The maximum absolute atomic E-state index is 12.4. The van der Waals surface area contributed by atoms with Crippen LogP contribution in [0.4, 0.5) is 5.69 Å². The van der Waals surface area contributed by atoms with Gasteiger partial charge in [-0.05, 0) is 44.5 Å². The molecule has 1 aliphatic heterocycles. The van der Waals surface area contributed by atoms with Crippen molar-refractivity contribution >= 4 is 23.3 Å². The average Bonchev–Trinajstić information content (AvgIpc) is 3.15. The minimum Gasteiger partial charge on any atom is -0.454 e. The highest BCUT2D eigenvalue weighted by Gasteiger charge is 2.21. The third-order valence-electron chi connectivity index (χ3n) is 4.57. The highest BCUT2D eigenvalue weighted by Crippen LogP contribution is 2.34. The molecule has 0 spiro atoms. The number of Topliss-reactive ketones (excluding diaryl/α,β-unsaturated/α-hetero) is 1. The number of aryl methyl sites for hydroxylation is 2. The van der Waals surface area contributed by atoms with E-state index in [1.807, 2.05) is 32.0 Å². The first-order chi connectivity index (χ1) is 13.8. The van der Waals surface area contributed by atoms with E-state index in [1.165, 1.54) is 6.92 Å². The molecule has 2 aromatic rings. The van der Waals surface area contributed by atoms with Gasteiger partial charge in [-0.1, -0.05) is 17.7 Å². The predicted octanol–water partition coefficient (Wildman–Crippen LogP) is 3.57. The first-order valence-corrected chi connectivity index (χ1v) is 9.34. The SMILES string of the molecule is Cc1ccc(C)c(C(=O)CCC(=O)O[C@H](C)C(=O)Nc2ccc3c(c2)OCO3)c1. The Morgan fingerprint density at radius 2 is 1.79 bits per heavy atom. The summed E-state index contributed by atoms with van der Waals surface area (Å²) in [5.74, 6) is -0.0518. The Labute approximate surface area is 169 Å². The smallest absolute Gasteiger partial charge is 0.307 e. The van der Waals surface area contributed by atoms with Crippen molar-refractivity contribution in [3.63, 3.8) is 0 Å². The molecule has 7 nitrogen and oxygen atoms in total. The minimum absolute atomic E-state index is 0.0274. The third kappa shape index (κ3) is 5.13. The molecule has 1 aliphatic rings. The molecule has 0 aromatic heterocycles. The number of hydrogen-bond acceptors (Lipinski definition) is 6.